The van der Waals surface area contributed by atoms with E-state index in [1.54, 1.807) is 7.11 Å². The van der Waals surface area contributed by atoms with E-state index >= 15 is 0 Å². The van der Waals surface area contributed by atoms with Crippen molar-refractivity contribution >= 4 is 11.8 Å². The summed E-state index contributed by atoms with van der Waals surface area (Å²) >= 11 is 0. The molecule has 0 aromatic rings. The van der Waals surface area contributed by atoms with Crippen molar-refractivity contribution in [2.45, 2.75) is 25.0 Å². The lowest BCUT2D eigenvalue weighted by atomic mass is 9.90. The van der Waals surface area contributed by atoms with Crippen LogP contribution in [0.1, 0.15) is 13.3 Å². The number of likely N-dealkylation sites (tertiary alicyclic amines) is 1. The summed E-state index contributed by atoms with van der Waals surface area (Å²) in [5, 5.41) is 2.85. The number of methoxy groups -OCH3 is 1. The van der Waals surface area contributed by atoms with Gasteiger partial charge in [-0.05, 0) is 19.4 Å². The smallest absolute Gasteiger partial charge is 0.239 e. The van der Waals surface area contributed by atoms with Crippen molar-refractivity contribution in [3.8, 4) is 0 Å². The van der Waals surface area contributed by atoms with Gasteiger partial charge in [0.05, 0.1) is 26.3 Å². The zero-order valence-corrected chi connectivity index (χ0v) is 14.2. The fourth-order valence-electron chi connectivity index (χ4n) is 3.56. The van der Waals surface area contributed by atoms with Gasteiger partial charge in [-0.1, -0.05) is 6.92 Å². The summed E-state index contributed by atoms with van der Waals surface area (Å²) < 4.78 is 10.9. The summed E-state index contributed by atoms with van der Waals surface area (Å²) in [6.07, 6.45) is 1.02. The molecule has 0 unspecified atom stereocenters. The predicted molar refractivity (Wildman–Crippen MR) is 83.8 cm³/mol. The van der Waals surface area contributed by atoms with Crippen molar-refractivity contribution in [3.05, 3.63) is 0 Å². The second kappa shape index (κ2) is 6.37. The summed E-state index contributed by atoms with van der Waals surface area (Å²) in [6.45, 7) is 5.48. The number of hydrogen-bond acceptors (Lipinski definition) is 5. The van der Waals surface area contributed by atoms with Crippen molar-refractivity contribution in [1.82, 2.24) is 15.1 Å². The number of amides is 2. The molecule has 1 saturated carbocycles. The van der Waals surface area contributed by atoms with Crippen LogP contribution < -0.4 is 5.32 Å². The van der Waals surface area contributed by atoms with Crippen molar-refractivity contribution in [3.63, 3.8) is 0 Å². The number of carbonyl (C=O) groups excluding carboxylic acids is 2. The van der Waals surface area contributed by atoms with Crippen LogP contribution in [0.2, 0.25) is 0 Å². The van der Waals surface area contributed by atoms with Crippen LogP contribution in [0.15, 0.2) is 0 Å². The lowest BCUT2D eigenvalue weighted by molar-refractivity contribution is -0.201. The standard InChI is InChI=1S/C16H27N3O4/c1-11-6-12(11)15(21)19-9-16(10-19)8-18(2)13(7-23-16)14(20)17-4-5-22-3/h11-13H,4-10H2,1-3H3,(H,17,20)/t11-,12-,13-/m0/s1. The first-order valence-electron chi connectivity index (χ1n) is 8.35. The molecule has 7 heteroatoms. The molecule has 1 spiro atoms. The van der Waals surface area contributed by atoms with E-state index < -0.39 is 0 Å². The normalized spacial score (nSPS) is 32.5. The van der Waals surface area contributed by atoms with Crippen LogP contribution in [0.3, 0.4) is 0 Å². The molecule has 0 radical (unpaired) electrons. The number of nitrogens with zero attached hydrogens (tertiary/aromatic N) is 2. The van der Waals surface area contributed by atoms with Gasteiger partial charge in [-0.3, -0.25) is 14.5 Å². The van der Waals surface area contributed by atoms with Gasteiger partial charge >= 0.3 is 0 Å². The molecule has 3 atom stereocenters. The molecule has 0 bridgehead atoms. The fraction of sp³-hybridized carbons (Fsp3) is 0.875. The summed E-state index contributed by atoms with van der Waals surface area (Å²) in [5.74, 6) is 1.01. The monoisotopic (exact) mass is 325 g/mol. The van der Waals surface area contributed by atoms with E-state index in [2.05, 4.69) is 12.2 Å². The zero-order valence-electron chi connectivity index (χ0n) is 14.2. The van der Waals surface area contributed by atoms with Crippen LogP contribution in [-0.2, 0) is 19.1 Å². The highest BCUT2D eigenvalue weighted by Crippen LogP contribution is 2.42. The molecule has 3 fully saturated rings. The van der Waals surface area contributed by atoms with Gasteiger partial charge in [0.25, 0.3) is 0 Å². The van der Waals surface area contributed by atoms with Gasteiger partial charge in [0, 0.05) is 26.1 Å². The first-order valence-corrected chi connectivity index (χ1v) is 8.35. The predicted octanol–water partition coefficient (Wildman–Crippen LogP) is -0.683. The van der Waals surface area contributed by atoms with Crippen molar-refractivity contribution in [2.24, 2.45) is 11.8 Å². The highest BCUT2D eigenvalue weighted by Gasteiger charge is 2.54. The van der Waals surface area contributed by atoms with Crippen LogP contribution in [0, 0.1) is 11.8 Å². The Morgan fingerprint density at radius 1 is 1.35 bits per heavy atom. The third-order valence-electron chi connectivity index (χ3n) is 5.22. The Labute approximate surface area is 137 Å². The Morgan fingerprint density at radius 2 is 2.04 bits per heavy atom. The van der Waals surface area contributed by atoms with E-state index in [4.69, 9.17) is 9.47 Å². The minimum Gasteiger partial charge on any atom is -0.383 e. The minimum absolute atomic E-state index is 0.0292. The molecule has 0 aromatic heterocycles. The Kier molecular flexibility index (Phi) is 4.62. The topological polar surface area (TPSA) is 71.1 Å². The maximum atomic E-state index is 12.2. The van der Waals surface area contributed by atoms with Gasteiger partial charge in [0.15, 0.2) is 0 Å². The number of rotatable bonds is 5. The molecule has 7 nitrogen and oxygen atoms in total. The van der Waals surface area contributed by atoms with Crippen LogP contribution in [-0.4, -0.2) is 86.8 Å². The summed E-state index contributed by atoms with van der Waals surface area (Å²) in [4.78, 5) is 28.3. The molecule has 0 aromatic carbocycles. The summed E-state index contributed by atoms with van der Waals surface area (Å²) in [5.41, 5.74) is -0.286. The molecule has 2 heterocycles. The Hall–Kier alpha value is -1.18. The highest BCUT2D eigenvalue weighted by molar-refractivity contribution is 5.83. The molecule has 2 saturated heterocycles. The third-order valence-corrected chi connectivity index (χ3v) is 5.22. The molecule has 1 N–H and O–H groups in total. The van der Waals surface area contributed by atoms with E-state index in [-0.39, 0.29) is 29.4 Å². The van der Waals surface area contributed by atoms with Crippen LogP contribution in [0.25, 0.3) is 0 Å². The lowest BCUT2D eigenvalue weighted by Gasteiger charge is -2.54. The van der Waals surface area contributed by atoms with Gasteiger partial charge in [-0.15, -0.1) is 0 Å². The van der Waals surface area contributed by atoms with Gasteiger partial charge in [0.2, 0.25) is 11.8 Å². The van der Waals surface area contributed by atoms with Gasteiger partial charge in [0.1, 0.15) is 11.6 Å². The summed E-state index contributed by atoms with van der Waals surface area (Å²) in [6, 6.07) is -0.273. The molecule has 2 aliphatic heterocycles. The molecule has 130 valence electrons. The second-order valence-electron chi connectivity index (χ2n) is 7.22. The van der Waals surface area contributed by atoms with E-state index in [0.717, 1.165) is 6.42 Å². The quantitative estimate of drug-likeness (QED) is 0.678. The second-order valence-corrected chi connectivity index (χ2v) is 7.22. The van der Waals surface area contributed by atoms with Crippen molar-refractivity contribution < 1.29 is 19.1 Å². The number of likely N-dealkylation sites (N-methyl/N-ethyl adjacent to an activating group) is 1. The van der Waals surface area contributed by atoms with Crippen molar-refractivity contribution in [2.75, 3.05) is 53.6 Å². The van der Waals surface area contributed by atoms with E-state index in [1.165, 1.54) is 0 Å². The number of ether oxygens (including phenoxy) is 2. The third kappa shape index (κ3) is 3.36. The van der Waals surface area contributed by atoms with E-state index in [9.17, 15) is 9.59 Å². The molecule has 3 aliphatic rings. The van der Waals surface area contributed by atoms with E-state index in [0.29, 0.717) is 45.3 Å². The Morgan fingerprint density at radius 3 is 2.61 bits per heavy atom. The average molecular weight is 325 g/mol. The molecular weight excluding hydrogens is 298 g/mol. The number of nitrogens with one attached hydrogen (secondary N) is 1. The van der Waals surface area contributed by atoms with Crippen LogP contribution in [0.5, 0.6) is 0 Å². The summed E-state index contributed by atoms with van der Waals surface area (Å²) in [7, 11) is 3.55. The molecule has 2 amide bonds. The zero-order chi connectivity index (χ0) is 16.6. The first-order chi connectivity index (χ1) is 11.0. The lowest BCUT2D eigenvalue weighted by Crippen LogP contribution is -2.73. The number of carbonyl (C=O) groups is 2. The molecule has 1 aliphatic carbocycles. The van der Waals surface area contributed by atoms with Gasteiger partial charge < -0.3 is 19.7 Å². The highest BCUT2D eigenvalue weighted by atomic mass is 16.5. The van der Waals surface area contributed by atoms with Gasteiger partial charge in [-0.2, -0.15) is 0 Å². The average Bonchev–Trinajstić information content (AvgIpc) is 3.21. The van der Waals surface area contributed by atoms with Crippen LogP contribution in [0.4, 0.5) is 0 Å². The maximum absolute atomic E-state index is 12.2. The number of hydrogen-bond donors (Lipinski definition) is 1. The Bertz CT molecular complexity index is 478. The van der Waals surface area contributed by atoms with Gasteiger partial charge in [-0.25, -0.2) is 0 Å². The number of morpholine rings is 1. The van der Waals surface area contributed by atoms with Crippen LogP contribution >= 0.6 is 0 Å². The molecule has 3 rings (SSSR count). The largest absolute Gasteiger partial charge is 0.383 e. The van der Waals surface area contributed by atoms with E-state index in [1.807, 2.05) is 16.8 Å². The molecular formula is C16H27N3O4. The Balaban J connectivity index is 1.46. The SMILES string of the molecule is COCCNC(=O)[C@@H]1COC2(CN(C(=O)[C@H]3C[C@@H]3C)C2)CN1C. The fourth-order valence-corrected chi connectivity index (χ4v) is 3.56. The first kappa shape index (κ1) is 16.7. The minimum atomic E-state index is -0.286. The molecule has 23 heavy (non-hydrogen) atoms. The maximum Gasteiger partial charge on any atom is 0.239 e. The van der Waals surface area contributed by atoms with Crippen molar-refractivity contribution in [1.29, 1.82) is 0 Å².